The van der Waals surface area contributed by atoms with Crippen molar-refractivity contribution in [2.45, 2.75) is 0 Å². The van der Waals surface area contributed by atoms with Gasteiger partial charge in [-0.25, -0.2) is 0 Å². The molecule has 0 atom stereocenters. The van der Waals surface area contributed by atoms with Gasteiger partial charge in [0, 0.05) is 6.07 Å². The van der Waals surface area contributed by atoms with E-state index in [4.69, 9.17) is 10.5 Å². The minimum Gasteiger partial charge on any atom is -0.496 e. The van der Waals surface area contributed by atoms with Gasteiger partial charge in [-0.15, -0.1) is 0 Å². The zero-order chi connectivity index (χ0) is 16.0. The average Bonchev–Trinajstić information content (AvgIpc) is 2.74. The van der Waals surface area contributed by atoms with Gasteiger partial charge in [-0.1, -0.05) is 0 Å². The summed E-state index contributed by atoms with van der Waals surface area (Å²) in [4.78, 5) is 35.7. The number of benzene rings is 1. The number of carbonyl (C=O) groups is 2. The number of nitrogen functional groups attached to an aromatic ring is 1. The number of nitrogens with two attached hydrogens (primary N) is 1. The van der Waals surface area contributed by atoms with E-state index < -0.39 is 17.4 Å². The van der Waals surface area contributed by atoms with E-state index in [9.17, 15) is 14.4 Å². The van der Waals surface area contributed by atoms with Crippen LogP contribution in [0.15, 0.2) is 33.5 Å². The number of pyridine rings is 1. The predicted octanol–water partition coefficient (Wildman–Crippen LogP) is 1.07. The van der Waals surface area contributed by atoms with Crippen LogP contribution in [0.5, 0.6) is 5.75 Å². The number of nitrogens with one attached hydrogen (secondary N) is 1. The van der Waals surface area contributed by atoms with Crippen molar-refractivity contribution in [3.63, 3.8) is 0 Å². The standard InChI is InChI=1S/C14H10BrN3O4/c1-22-9-3-2-6(4-8(9)15)18-10(19)5-7-11(12(18)16)14(21)17-13(7)20/h2-5H,16H2,1H3,(H,17,20,21). The molecule has 0 saturated carbocycles. The van der Waals surface area contributed by atoms with Crippen LogP contribution in [0.25, 0.3) is 5.69 Å². The smallest absolute Gasteiger partial charge is 0.262 e. The van der Waals surface area contributed by atoms with E-state index >= 15 is 0 Å². The number of rotatable bonds is 2. The number of hydrogen-bond donors (Lipinski definition) is 2. The normalized spacial score (nSPS) is 13.0. The van der Waals surface area contributed by atoms with Crippen molar-refractivity contribution in [3.8, 4) is 11.4 Å². The van der Waals surface area contributed by atoms with Gasteiger partial charge >= 0.3 is 0 Å². The first-order valence-corrected chi connectivity index (χ1v) is 6.98. The van der Waals surface area contributed by atoms with Crippen molar-refractivity contribution in [3.05, 3.63) is 50.2 Å². The van der Waals surface area contributed by atoms with Crippen molar-refractivity contribution in [1.29, 1.82) is 0 Å². The Bertz CT molecular complexity index is 888. The number of fused-ring (bicyclic) bond motifs is 1. The fourth-order valence-corrected chi connectivity index (χ4v) is 2.87. The molecule has 2 heterocycles. The summed E-state index contributed by atoms with van der Waals surface area (Å²) in [5.41, 5.74) is 5.90. The molecule has 0 fully saturated rings. The quantitative estimate of drug-likeness (QED) is 0.776. The van der Waals surface area contributed by atoms with E-state index in [1.165, 1.54) is 11.7 Å². The van der Waals surface area contributed by atoms with Crippen molar-refractivity contribution >= 4 is 33.6 Å². The minimum atomic E-state index is -0.619. The highest BCUT2D eigenvalue weighted by Gasteiger charge is 2.31. The molecule has 3 N–H and O–H groups in total. The highest BCUT2D eigenvalue weighted by molar-refractivity contribution is 9.10. The van der Waals surface area contributed by atoms with Crippen molar-refractivity contribution in [2.75, 3.05) is 12.8 Å². The summed E-state index contributed by atoms with van der Waals surface area (Å²) in [7, 11) is 1.52. The van der Waals surface area contributed by atoms with Gasteiger partial charge < -0.3 is 10.5 Å². The second-order valence-electron chi connectivity index (χ2n) is 4.59. The predicted molar refractivity (Wildman–Crippen MR) is 82.5 cm³/mol. The molecule has 2 aromatic rings. The summed E-state index contributed by atoms with van der Waals surface area (Å²) in [5.74, 6) is -0.724. The molecule has 2 amide bonds. The molecule has 7 nitrogen and oxygen atoms in total. The number of halogens is 1. The second-order valence-corrected chi connectivity index (χ2v) is 5.45. The monoisotopic (exact) mass is 363 g/mol. The second kappa shape index (κ2) is 4.99. The maximum absolute atomic E-state index is 12.3. The molecule has 0 spiro atoms. The van der Waals surface area contributed by atoms with Gasteiger partial charge in [0.1, 0.15) is 11.6 Å². The van der Waals surface area contributed by atoms with Crippen molar-refractivity contribution in [2.24, 2.45) is 0 Å². The Kier molecular flexibility index (Phi) is 3.25. The molecular formula is C14H10BrN3O4. The fraction of sp³-hybridized carbons (Fsp3) is 0.0714. The molecule has 8 heteroatoms. The zero-order valence-corrected chi connectivity index (χ0v) is 12.9. The molecule has 22 heavy (non-hydrogen) atoms. The number of nitrogens with zero attached hydrogens (tertiary/aromatic N) is 1. The lowest BCUT2D eigenvalue weighted by Crippen LogP contribution is -2.24. The Morgan fingerprint density at radius 2 is 1.91 bits per heavy atom. The lowest BCUT2D eigenvalue weighted by atomic mass is 10.1. The Morgan fingerprint density at radius 1 is 1.18 bits per heavy atom. The fourth-order valence-electron chi connectivity index (χ4n) is 2.34. The number of aromatic nitrogens is 1. The Hall–Kier alpha value is -2.61. The molecule has 0 aliphatic carbocycles. The van der Waals surface area contributed by atoms with Gasteiger partial charge in [0.05, 0.1) is 28.4 Å². The number of methoxy groups -OCH3 is 1. The van der Waals surface area contributed by atoms with Crippen LogP contribution in [-0.2, 0) is 0 Å². The van der Waals surface area contributed by atoms with Gasteiger partial charge in [-0.2, -0.15) is 0 Å². The summed E-state index contributed by atoms with van der Waals surface area (Å²) in [5, 5.41) is 2.12. The highest BCUT2D eigenvalue weighted by Crippen LogP contribution is 2.29. The molecule has 0 unspecified atom stereocenters. The van der Waals surface area contributed by atoms with E-state index in [0.717, 1.165) is 6.07 Å². The number of carbonyl (C=O) groups excluding carboxylic acids is 2. The number of ether oxygens (including phenoxy) is 1. The summed E-state index contributed by atoms with van der Waals surface area (Å²) in [6.07, 6.45) is 0. The maximum atomic E-state index is 12.3. The van der Waals surface area contributed by atoms with Crippen LogP contribution in [0.3, 0.4) is 0 Å². The molecule has 0 radical (unpaired) electrons. The summed E-state index contributed by atoms with van der Waals surface area (Å²) in [6, 6.07) is 6.02. The van der Waals surface area contributed by atoms with Gasteiger partial charge in [0.2, 0.25) is 0 Å². The number of hydrogen-bond acceptors (Lipinski definition) is 5. The average molecular weight is 364 g/mol. The molecule has 1 aromatic heterocycles. The topological polar surface area (TPSA) is 103 Å². The van der Waals surface area contributed by atoms with E-state index in [0.29, 0.717) is 15.9 Å². The lowest BCUT2D eigenvalue weighted by Gasteiger charge is -2.13. The molecule has 1 aliphatic rings. The zero-order valence-electron chi connectivity index (χ0n) is 11.3. The van der Waals surface area contributed by atoms with E-state index in [1.54, 1.807) is 18.2 Å². The van der Waals surface area contributed by atoms with E-state index in [1.807, 2.05) is 0 Å². The molecule has 0 saturated heterocycles. The first-order valence-electron chi connectivity index (χ1n) is 6.19. The van der Waals surface area contributed by atoms with Gasteiger partial charge in [-0.05, 0) is 34.1 Å². The minimum absolute atomic E-state index is 0.00340. The Morgan fingerprint density at radius 3 is 2.55 bits per heavy atom. The van der Waals surface area contributed by atoms with Crippen LogP contribution in [0.2, 0.25) is 0 Å². The third-order valence-corrected chi connectivity index (χ3v) is 3.97. The van der Waals surface area contributed by atoms with Crippen LogP contribution in [-0.4, -0.2) is 23.5 Å². The van der Waals surface area contributed by atoms with Crippen molar-refractivity contribution in [1.82, 2.24) is 9.88 Å². The van der Waals surface area contributed by atoms with E-state index in [2.05, 4.69) is 21.2 Å². The highest BCUT2D eigenvalue weighted by atomic mass is 79.9. The van der Waals surface area contributed by atoms with Gasteiger partial charge in [0.25, 0.3) is 17.4 Å². The third-order valence-electron chi connectivity index (χ3n) is 3.35. The molecule has 112 valence electrons. The van der Waals surface area contributed by atoms with Crippen molar-refractivity contribution < 1.29 is 14.3 Å². The molecule has 0 bridgehead atoms. The summed E-state index contributed by atoms with van der Waals surface area (Å²) in [6.45, 7) is 0. The first kappa shape index (κ1) is 14.3. The summed E-state index contributed by atoms with van der Waals surface area (Å²) < 4.78 is 6.92. The van der Waals surface area contributed by atoms with Crippen LogP contribution >= 0.6 is 15.9 Å². The van der Waals surface area contributed by atoms with Crippen LogP contribution < -0.4 is 21.3 Å². The first-order chi connectivity index (χ1) is 10.4. The molecule has 1 aliphatic heterocycles. The van der Waals surface area contributed by atoms with E-state index in [-0.39, 0.29) is 16.9 Å². The Labute approximate surface area is 132 Å². The number of anilines is 1. The van der Waals surface area contributed by atoms with Crippen LogP contribution in [0.1, 0.15) is 20.7 Å². The number of amides is 2. The number of imide groups is 1. The van der Waals surface area contributed by atoms with Crippen LogP contribution in [0, 0.1) is 0 Å². The Balaban J connectivity index is 2.27. The van der Waals surface area contributed by atoms with Crippen LogP contribution in [0.4, 0.5) is 5.82 Å². The third kappa shape index (κ3) is 2.00. The molecule has 1 aromatic carbocycles. The lowest BCUT2D eigenvalue weighted by molar-refractivity contribution is 0.0880. The molecule has 3 rings (SSSR count). The van der Waals surface area contributed by atoms with Gasteiger partial charge in [-0.3, -0.25) is 24.3 Å². The molecular weight excluding hydrogens is 354 g/mol. The SMILES string of the molecule is COc1ccc(-n2c(N)c3c(cc2=O)C(=O)NC3=O)cc1Br. The largest absolute Gasteiger partial charge is 0.496 e. The summed E-state index contributed by atoms with van der Waals surface area (Å²) >= 11 is 3.32. The van der Waals surface area contributed by atoms with Gasteiger partial charge in [0.15, 0.2) is 0 Å². The maximum Gasteiger partial charge on any atom is 0.262 e.